The Balaban J connectivity index is 1.84. The van der Waals surface area contributed by atoms with Crippen LogP contribution in [0.25, 0.3) is 0 Å². The minimum Gasteiger partial charge on any atom is -0.493 e. The van der Waals surface area contributed by atoms with Gasteiger partial charge in [0.05, 0.1) is 14.2 Å². The van der Waals surface area contributed by atoms with E-state index in [4.69, 9.17) is 21.1 Å². The second kappa shape index (κ2) is 10.9. The fourth-order valence-electron chi connectivity index (χ4n) is 2.47. The lowest BCUT2D eigenvalue weighted by Crippen LogP contribution is -2.27. The van der Waals surface area contributed by atoms with Crippen molar-refractivity contribution in [1.29, 1.82) is 5.26 Å². The van der Waals surface area contributed by atoms with Gasteiger partial charge in [-0.1, -0.05) is 29.8 Å². The van der Waals surface area contributed by atoms with Gasteiger partial charge in [-0.15, -0.1) is 0 Å². The Kier molecular flexibility index (Phi) is 8.19. The molecular formula is C21H22ClN3O3. The maximum atomic E-state index is 12.2. The van der Waals surface area contributed by atoms with Crippen LogP contribution in [0.2, 0.25) is 5.02 Å². The number of hydrogen-bond acceptors (Lipinski definition) is 5. The van der Waals surface area contributed by atoms with E-state index >= 15 is 0 Å². The van der Waals surface area contributed by atoms with Crippen LogP contribution < -0.4 is 20.1 Å². The van der Waals surface area contributed by atoms with E-state index in [0.29, 0.717) is 36.0 Å². The van der Waals surface area contributed by atoms with Gasteiger partial charge in [0.2, 0.25) is 0 Å². The maximum absolute atomic E-state index is 12.2. The normalized spacial score (nSPS) is 10.7. The first-order chi connectivity index (χ1) is 13.6. The molecule has 0 saturated heterocycles. The molecule has 1 amide bonds. The lowest BCUT2D eigenvalue weighted by atomic mass is 10.1. The van der Waals surface area contributed by atoms with Crippen molar-refractivity contribution >= 4 is 17.5 Å². The molecular weight excluding hydrogens is 378 g/mol. The molecule has 0 bridgehead atoms. The molecule has 146 valence electrons. The first-order valence-corrected chi connectivity index (χ1v) is 9.02. The number of methoxy groups -OCH3 is 2. The summed E-state index contributed by atoms with van der Waals surface area (Å²) in [5, 5.41) is 15.6. The van der Waals surface area contributed by atoms with Gasteiger partial charge in [-0.05, 0) is 41.8 Å². The Labute approximate surface area is 169 Å². The minimum absolute atomic E-state index is 0.0151. The van der Waals surface area contributed by atoms with Crippen LogP contribution in [-0.4, -0.2) is 26.7 Å². The molecule has 2 rings (SSSR count). The van der Waals surface area contributed by atoms with Crippen LogP contribution in [0.4, 0.5) is 0 Å². The van der Waals surface area contributed by atoms with Crippen molar-refractivity contribution in [2.45, 2.75) is 13.0 Å². The summed E-state index contributed by atoms with van der Waals surface area (Å²) in [6, 6.07) is 14.8. The van der Waals surface area contributed by atoms with Crippen molar-refractivity contribution in [3.63, 3.8) is 0 Å². The molecule has 2 aromatic carbocycles. The molecule has 0 atom stereocenters. The molecule has 0 heterocycles. The van der Waals surface area contributed by atoms with E-state index in [1.165, 1.54) is 6.20 Å². The van der Waals surface area contributed by atoms with Crippen molar-refractivity contribution in [2.24, 2.45) is 0 Å². The summed E-state index contributed by atoms with van der Waals surface area (Å²) in [7, 11) is 3.15. The molecule has 2 aromatic rings. The highest BCUT2D eigenvalue weighted by Gasteiger charge is 2.09. The topological polar surface area (TPSA) is 83.4 Å². The lowest BCUT2D eigenvalue weighted by molar-refractivity contribution is -0.117. The third-order valence-corrected chi connectivity index (χ3v) is 4.23. The zero-order valence-corrected chi connectivity index (χ0v) is 16.5. The van der Waals surface area contributed by atoms with Crippen LogP contribution >= 0.6 is 11.6 Å². The van der Waals surface area contributed by atoms with Gasteiger partial charge >= 0.3 is 0 Å². The van der Waals surface area contributed by atoms with Gasteiger partial charge in [0.15, 0.2) is 11.5 Å². The van der Waals surface area contributed by atoms with Gasteiger partial charge in [-0.3, -0.25) is 4.79 Å². The largest absolute Gasteiger partial charge is 0.493 e. The molecule has 0 unspecified atom stereocenters. The molecule has 0 radical (unpaired) electrons. The average Bonchev–Trinajstić information content (AvgIpc) is 2.72. The van der Waals surface area contributed by atoms with Crippen LogP contribution in [0.15, 0.2) is 54.2 Å². The number of nitrogens with zero attached hydrogens (tertiary/aromatic N) is 1. The number of nitrogens with one attached hydrogen (secondary N) is 2. The van der Waals surface area contributed by atoms with Crippen LogP contribution in [0.1, 0.15) is 11.1 Å². The van der Waals surface area contributed by atoms with Crippen molar-refractivity contribution in [2.75, 3.05) is 20.8 Å². The number of carbonyl (C=O) groups is 1. The monoisotopic (exact) mass is 399 g/mol. The summed E-state index contributed by atoms with van der Waals surface area (Å²) < 4.78 is 10.5. The Hall–Kier alpha value is -3.17. The number of rotatable bonds is 9. The molecule has 7 heteroatoms. The van der Waals surface area contributed by atoms with Crippen LogP contribution in [0.3, 0.4) is 0 Å². The Morgan fingerprint density at radius 3 is 2.43 bits per heavy atom. The summed E-state index contributed by atoms with van der Waals surface area (Å²) in [6.45, 7) is 0.881. The number of halogens is 1. The van der Waals surface area contributed by atoms with Crippen LogP contribution in [-0.2, 0) is 17.8 Å². The van der Waals surface area contributed by atoms with Gasteiger partial charge in [0, 0.05) is 24.3 Å². The van der Waals surface area contributed by atoms with Gasteiger partial charge < -0.3 is 20.1 Å². The summed E-state index contributed by atoms with van der Waals surface area (Å²) in [4.78, 5) is 12.2. The van der Waals surface area contributed by atoms with E-state index in [1.807, 2.05) is 36.4 Å². The number of carbonyl (C=O) groups excluding carboxylic acids is 1. The second-order valence-electron chi connectivity index (χ2n) is 5.87. The fraction of sp³-hybridized carbons (Fsp3) is 0.238. The highest BCUT2D eigenvalue weighted by atomic mass is 35.5. The second-order valence-corrected chi connectivity index (χ2v) is 6.31. The van der Waals surface area contributed by atoms with Crippen molar-refractivity contribution in [3.05, 3.63) is 70.4 Å². The highest BCUT2D eigenvalue weighted by molar-refractivity contribution is 6.30. The summed E-state index contributed by atoms with van der Waals surface area (Å²) in [6.07, 6.45) is 2.02. The molecule has 6 nitrogen and oxygen atoms in total. The molecule has 0 aliphatic carbocycles. The molecule has 2 N–H and O–H groups in total. The molecule has 0 saturated carbocycles. The zero-order valence-electron chi connectivity index (χ0n) is 15.8. The third kappa shape index (κ3) is 6.22. The van der Waals surface area contributed by atoms with Gasteiger partial charge in [0.25, 0.3) is 5.91 Å². The Bertz CT molecular complexity index is 873. The highest BCUT2D eigenvalue weighted by Crippen LogP contribution is 2.27. The van der Waals surface area contributed by atoms with Crippen LogP contribution in [0, 0.1) is 11.3 Å². The summed E-state index contributed by atoms with van der Waals surface area (Å²) >= 11 is 5.84. The van der Waals surface area contributed by atoms with E-state index in [2.05, 4.69) is 10.6 Å². The van der Waals surface area contributed by atoms with Gasteiger partial charge in [-0.2, -0.15) is 5.26 Å². The molecule has 0 aliphatic rings. The molecule has 0 fully saturated rings. The molecule has 28 heavy (non-hydrogen) atoms. The number of amides is 1. The maximum Gasteiger partial charge on any atom is 0.263 e. The first-order valence-electron chi connectivity index (χ1n) is 8.64. The van der Waals surface area contributed by atoms with Crippen molar-refractivity contribution < 1.29 is 14.3 Å². The smallest absolute Gasteiger partial charge is 0.263 e. The Morgan fingerprint density at radius 1 is 1.11 bits per heavy atom. The first kappa shape index (κ1) is 21.1. The minimum atomic E-state index is -0.424. The fourth-order valence-corrected chi connectivity index (χ4v) is 2.60. The summed E-state index contributed by atoms with van der Waals surface area (Å²) in [5.41, 5.74) is 1.99. The molecule has 0 aliphatic heterocycles. The number of hydrogen-bond donors (Lipinski definition) is 2. The predicted octanol–water partition coefficient (Wildman–Crippen LogP) is 3.21. The lowest BCUT2D eigenvalue weighted by Gasteiger charge is -2.10. The van der Waals surface area contributed by atoms with E-state index in [1.54, 1.807) is 26.4 Å². The quantitative estimate of drug-likeness (QED) is 0.499. The molecule has 0 aromatic heterocycles. The molecule has 0 spiro atoms. The zero-order chi connectivity index (χ0) is 20.4. The van der Waals surface area contributed by atoms with E-state index in [9.17, 15) is 10.1 Å². The van der Waals surface area contributed by atoms with Crippen molar-refractivity contribution in [1.82, 2.24) is 10.6 Å². The predicted molar refractivity (Wildman–Crippen MR) is 108 cm³/mol. The number of ether oxygens (including phenoxy) is 2. The van der Waals surface area contributed by atoms with E-state index < -0.39 is 5.91 Å². The number of nitriles is 1. The number of benzene rings is 2. The third-order valence-electron chi connectivity index (χ3n) is 3.98. The van der Waals surface area contributed by atoms with Gasteiger partial charge in [0.1, 0.15) is 11.6 Å². The average molecular weight is 400 g/mol. The SMILES string of the molecule is COc1ccc(CCNC(=O)/C(C#N)=C\NCc2ccc(Cl)cc2)cc1OC. The van der Waals surface area contributed by atoms with E-state index in [0.717, 1.165) is 11.1 Å². The summed E-state index contributed by atoms with van der Waals surface area (Å²) in [5.74, 6) is 0.860. The van der Waals surface area contributed by atoms with E-state index in [-0.39, 0.29) is 5.57 Å². The standard InChI is InChI=1S/C21H22ClN3O3/c1-27-19-8-5-15(11-20(19)28-2)9-10-25-21(26)17(12-23)14-24-13-16-3-6-18(22)7-4-16/h3-8,11,14,24H,9-10,13H2,1-2H3,(H,25,26)/b17-14-. The van der Waals surface area contributed by atoms with Crippen LogP contribution in [0.5, 0.6) is 11.5 Å². The Morgan fingerprint density at radius 2 is 1.79 bits per heavy atom. The van der Waals surface area contributed by atoms with Gasteiger partial charge in [-0.25, -0.2) is 0 Å². The van der Waals surface area contributed by atoms with Crippen molar-refractivity contribution in [3.8, 4) is 17.6 Å².